The monoisotopic (exact) mass is 520 g/mol. The normalized spacial score (nSPS) is 13.9. The van der Waals surface area contributed by atoms with Gasteiger partial charge in [0.05, 0.1) is 24.2 Å². The van der Waals surface area contributed by atoms with Gasteiger partial charge in [-0.25, -0.2) is 0 Å². The molecule has 7 rings (SSSR count). The molecule has 0 spiro atoms. The van der Waals surface area contributed by atoms with Crippen molar-refractivity contribution in [3.63, 3.8) is 0 Å². The second-order valence-corrected chi connectivity index (χ2v) is 10.3. The summed E-state index contributed by atoms with van der Waals surface area (Å²) in [5.74, 6) is 0.661. The summed E-state index contributed by atoms with van der Waals surface area (Å²) in [6.07, 6.45) is 0. The molecule has 3 heterocycles. The van der Waals surface area contributed by atoms with Crippen LogP contribution < -0.4 is 15.2 Å². The van der Waals surface area contributed by atoms with Gasteiger partial charge in [-0.3, -0.25) is 4.79 Å². The van der Waals surface area contributed by atoms with Crippen LogP contribution in [0.2, 0.25) is 0 Å². The van der Waals surface area contributed by atoms with E-state index < -0.39 is 0 Å². The molecule has 1 aliphatic heterocycles. The molecule has 0 N–H and O–H groups in total. The van der Waals surface area contributed by atoms with Crippen molar-refractivity contribution in [2.75, 3.05) is 31.2 Å². The van der Waals surface area contributed by atoms with Crippen LogP contribution in [-0.2, 0) is 11.3 Å². The average Bonchev–Trinajstić information content (AvgIpc) is 3.36. The van der Waals surface area contributed by atoms with Crippen LogP contribution in [0, 0.1) is 0 Å². The van der Waals surface area contributed by atoms with Crippen LogP contribution in [0.1, 0.15) is 5.56 Å². The maximum Gasteiger partial charge on any atom is 0.301 e. The molecule has 2 aromatic heterocycles. The van der Waals surface area contributed by atoms with Gasteiger partial charge < -0.3 is 18.8 Å². The fraction of sp³-hybridized carbons (Fsp3) is 0.161. The molecule has 0 atom stereocenters. The van der Waals surface area contributed by atoms with Crippen LogP contribution in [0.15, 0.2) is 94.1 Å². The molecule has 7 heteroatoms. The molecule has 0 radical (unpaired) electrons. The number of rotatable bonds is 5. The van der Waals surface area contributed by atoms with Crippen molar-refractivity contribution in [2.24, 2.45) is 0 Å². The topological polar surface area (TPSA) is 64.8 Å². The molecule has 0 amide bonds. The third-order valence-electron chi connectivity index (χ3n) is 6.93. The average molecular weight is 521 g/mol. The molecule has 1 fully saturated rings. The molecule has 1 saturated heterocycles. The van der Waals surface area contributed by atoms with Gasteiger partial charge in [-0.15, -0.1) is 11.3 Å². The summed E-state index contributed by atoms with van der Waals surface area (Å²) in [5, 5.41) is 2.81. The van der Waals surface area contributed by atoms with Gasteiger partial charge in [0, 0.05) is 38.8 Å². The lowest BCUT2D eigenvalue weighted by Crippen LogP contribution is -2.37. The molecular formula is C31H24N2O4S. The summed E-state index contributed by atoms with van der Waals surface area (Å²) in [7, 11) is 0. The number of anilines is 1. The Bertz CT molecular complexity index is 1840. The highest BCUT2D eigenvalue weighted by atomic mass is 32.1. The third kappa shape index (κ3) is 4.00. The Kier molecular flexibility index (Phi) is 5.80. The van der Waals surface area contributed by atoms with Gasteiger partial charge in [0.15, 0.2) is 5.58 Å². The molecule has 188 valence electrons. The Morgan fingerprint density at radius 1 is 0.842 bits per heavy atom. The molecule has 1 aliphatic rings. The van der Waals surface area contributed by atoms with Gasteiger partial charge >= 0.3 is 6.01 Å². The van der Waals surface area contributed by atoms with Crippen LogP contribution >= 0.6 is 11.3 Å². The third-order valence-corrected chi connectivity index (χ3v) is 8.15. The largest absolute Gasteiger partial charge is 0.488 e. The van der Waals surface area contributed by atoms with Crippen LogP contribution in [0.3, 0.4) is 0 Å². The Labute approximate surface area is 222 Å². The van der Waals surface area contributed by atoms with Gasteiger partial charge in [-0.05, 0) is 23.8 Å². The zero-order valence-electron chi connectivity index (χ0n) is 20.6. The predicted molar refractivity (Wildman–Crippen MR) is 152 cm³/mol. The standard InChI is InChI=1S/C31H24N2O4S/c34-30-24-13-14-25(36-19-20-7-2-1-3-8-20)27(28(24)37-31(32-30)33-15-17-35-18-16-33)23-11-6-10-22-21-9-4-5-12-26(21)38-29(22)23/h1-14H,15-19H2. The zero-order valence-corrected chi connectivity index (χ0v) is 21.4. The summed E-state index contributed by atoms with van der Waals surface area (Å²) in [4.78, 5) is 19.5. The highest BCUT2D eigenvalue weighted by Crippen LogP contribution is 2.45. The number of benzene rings is 4. The second-order valence-electron chi connectivity index (χ2n) is 9.27. The van der Waals surface area contributed by atoms with Crippen molar-refractivity contribution in [3.8, 4) is 16.9 Å². The highest BCUT2D eigenvalue weighted by molar-refractivity contribution is 7.26. The molecule has 0 bridgehead atoms. The first-order chi connectivity index (χ1) is 18.8. The van der Waals surface area contributed by atoms with Crippen LogP contribution in [-0.4, -0.2) is 31.3 Å². The summed E-state index contributed by atoms with van der Waals surface area (Å²) in [6, 6.07) is 28.7. The number of hydrogen-bond acceptors (Lipinski definition) is 7. The number of nitrogens with zero attached hydrogens (tertiary/aromatic N) is 2. The van der Waals surface area contributed by atoms with E-state index in [0.29, 0.717) is 55.6 Å². The molecule has 4 aromatic carbocycles. The maximum atomic E-state index is 13.3. The fourth-order valence-corrected chi connectivity index (χ4v) is 6.27. The minimum atomic E-state index is -0.313. The van der Waals surface area contributed by atoms with E-state index in [1.165, 1.54) is 15.5 Å². The van der Waals surface area contributed by atoms with Gasteiger partial charge in [-0.2, -0.15) is 4.98 Å². The van der Waals surface area contributed by atoms with Crippen molar-refractivity contribution >= 4 is 48.5 Å². The Hall–Kier alpha value is -4.20. The van der Waals surface area contributed by atoms with E-state index in [1.807, 2.05) is 41.3 Å². The van der Waals surface area contributed by atoms with Crippen LogP contribution in [0.25, 0.3) is 42.3 Å². The molecular weight excluding hydrogens is 496 g/mol. The summed E-state index contributed by atoms with van der Waals surface area (Å²) in [5.41, 5.74) is 2.97. The van der Waals surface area contributed by atoms with Crippen molar-refractivity contribution in [1.82, 2.24) is 4.98 Å². The minimum Gasteiger partial charge on any atom is -0.488 e. The molecule has 38 heavy (non-hydrogen) atoms. The lowest BCUT2D eigenvalue weighted by atomic mass is 9.99. The second kappa shape index (κ2) is 9.59. The van der Waals surface area contributed by atoms with Gasteiger partial charge in [0.25, 0.3) is 5.56 Å². The number of ether oxygens (including phenoxy) is 2. The number of thiophene rings is 1. The van der Waals surface area contributed by atoms with Crippen molar-refractivity contribution in [1.29, 1.82) is 0 Å². The van der Waals surface area contributed by atoms with Gasteiger partial charge in [0.1, 0.15) is 12.4 Å². The number of aromatic nitrogens is 1. The van der Waals surface area contributed by atoms with Crippen molar-refractivity contribution < 1.29 is 13.9 Å². The molecule has 0 aliphatic carbocycles. The fourth-order valence-electron chi connectivity index (χ4n) is 5.04. The van der Waals surface area contributed by atoms with E-state index in [4.69, 9.17) is 13.9 Å². The first kappa shape index (κ1) is 23.0. The van der Waals surface area contributed by atoms with E-state index in [9.17, 15) is 4.79 Å². The van der Waals surface area contributed by atoms with Gasteiger partial charge in [-0.1, -0.05) is 66.7 Å². The Morgan fingerprint density at radius 3 is 2.50 bits per heavy atom. The Balaban J connectivity index is 1.48. The summed E-state index contributed by atoms with van der Waals surface area (Å²) in [6.45, 7) is 2.77. The minimum absolute atomic E-state index is 0.313. The van der Waals surface area contributed by atoms with E-state index in [2.05, 4.69) is 47.4 Å². The molecule has 6 nitrogen and oxygen atoms in total. The van der Waals surface area contributed by atoms with Crippen LogP contribution in [0.4, 0.5) is 6.01 Å². The first-order valence-corrected chi connectivity index (χ1v) is 13.5. The first-order valence-electron chi connectivity index (χ1n) is 12.6. The van der Waals surface area contributed by atoms with E-state index in [0.717, 1.165) is 21.4 Å². The predicted octanol–water partition coefficient (Wildman–Crippen LogP) is 6.64. The number of hydrogen-bond donors (Lipinski definition) is 0. The van der Waals surface area contributed by atoms with E-state index >= 15 is 0 Å². The SMILES string of the molecule is O=c1nc(N2CCOCC2)oc2c(-c3cccc4c3sc3ccccc34)c(OCc3ccccc3)ccc12. The van der Waals surface area contributed by atoms with E-state index in [-0.39, 0.29) is 5.56 Å². The Morgan fingerprint density at radius 2 is 1.63 bits per heavy atom. The lowest BCUT2D eigenvalue weighted by Gasteiger charge is -2.26. The van der Waals surface area contributed by atoms with Crippen molar-refractivity contribution in [2.45, 2.75) is 6.61 Å². The van der Waals surface area contributed by atoms with Crippen molar-refractivity contribution in [3.05, 3.63) is 101 Å². The van der Waals surface area contributed by atoms with E-state index in [1.54, 1.807) is 17.4 Å². The lowest BCUT2D eigenvalue weighted by molar-refractivity contribution is 0.120. The number of morpholine rings is 1. The molecule has 6 aromatic rings. The highest BCUT2D eigenvalue weighted by Gasteiger charge is 2.23. The summed E-state index contributed by atoms with van der Waals surface area (Å²) >= 11 is 1.73. The quantitative estimate of drug-likeness (QED) is 0.254. The number of fused-ring (bicyclic) bond motifs is 4. The summed E-state index contributed by atoms with van der Waals surface area (Å²) < 4.78 is 20.7. The zero-order chi connectivity index (χ0) is 25.5. The molecule has 0 unspecified atom stereocenters. The maximum absolute atomic E-state index is 13.3. The van der Waals surface area contributed by atoms with Crippen LogP contribution in [0.5, 0.6) is 5.75 Å². The molecule has 0 saturated carbocycles. The van der Waals surface area contributed by atoms with Gasteiger partial charge in [0.2, 0.25) is 0 Å². The smallest absolute Gasteiger partial charge is 0.301 e.